The molecule has 0 amide bonds. The van der Waals surface area contributed by atoms with Crippen molar-refractivity contribution in [3.8, 4) is 0 Å². The molecule has 2 aromatic rings. The second-order valence-corrected chi connectivity index (χ2v) is 5.44. The predicted octanol–water partition coefficient (Wildman–Crippen LogP) is 3.61. The molecule has 0 fully saturated rings. The van der Waals surface area contributed by atoms with Gasteiger partial charge in [-0.1, -0.05) is 24.3 Å². The highest BCUT2D eigenvalue weighted by atomic mass is 32.2. The van der Waals surface area contributed by atoms with Crippen molar-refractivity contribution in [3.05, 3.63) is 69.8 Å². The molecule has 2 aromatic carbocycles. The number of non-ortho nitro benzene ring substituents is 1. The molecular weight excluding hydrogens is 272 g/mol. The van der Waals surface area contributed by atoms with Crippen LogP contribution in [0.4, 0.5) is 5.69 Å². The highest BCUT2D eigenvalue weighted by Crippen LogP contribution is 2.25. The van der Waals surface area contributed by atoms with E-state index in [9.17, 15) is 10.1 Å². The van der Waals surface area contributed by atoms with E-state index in [0.29, 0.717) is 0 Å². The maximum absolute atomic E-state index is 10.7. The summed E-state index contributed by atoms with van der Waals surface area (Å²) >= 11 is 1.68. The van der Waals surface area contributed by atoms with Gasteiger partial charge in [-0.25, -0.2) is 0 Å². The van der Waals surface area contributed by atoms with Crippen LogP contribution in [0.15, 0.2) is 53.4 Å². The smallest absolute Gasteiger partial charge is 0.269 e. The number of nitrogens with one attached hydrogen (secondary N) is 1. The van der Waals surface area contributed by atoms with E-state index in [1.165, 1.54) is 16.5 Å². The molecule has 0 spiro atoms. The van der Waals surface area contributed by atoms with E-state index >= 15 is 0 Å². The summed E-state index contributed by atoms with van der Waals surface area (Å²) in [5, 5.41) is 13.9. The molecule has 4 nitrogen and oxygen atoms in total. The van der Waals surface area contributed by atoms with Crippen molar-refractivity contribution >= 4 is 17.4 Å². The molecule has 0 aromatic heterocycles. The van der Waals surface area contributed by atoms with E-state index in [-0.39, 0.29) is 10.6 Å². The first-order valence-electron chi connectivity index (χ1n) is 6.28. The summed E-state index contributed by atoms with van der Waals surface area (Å²) in [7, 11) is 1.92. The Hall–Kier alpha value is -1.85. The summed E-state index contributed by atoms with van der Waals surface area (Å²) in [6, 6.07) is 15.1. The highest BCUT2D eigenvalue weighted by molar-refractivity contribution is 7.98. The average molecular weight is 288 g/mol. The number of hydrogen-bond donors (Lipinski definition) is 1. The van der Waals surface area contributed by atoms with Gasteiger partial charge in [0.1, 0.15) is 0 Å². The third-order valence-corrected chi connectivity index (χ3v) is 3.87. The summed E-state index contributed by atoms with van der Waals surface area (Å²) in [4.78, 5) is 11.5. The fraction of sp³-hybridized carbons (Fsp3) is 0.200. The lowest BCUT2D eigenvalue weighted by atomic mass is 10.2. The van der Waals surface area contributed by atoms with Crippen molar-refractivity contribution in [2.24, 2.45) is 0 Å². The summed E-state index contributed by atoms with van der Waals surface area (Å²) < 4.78 is 0. The second-order valence-electron chi connectivity index (χ2n) is 4.39. The number of nitrogens with zero attached hydrogens (tertiary/aromatic N) is 1. The Bertz CT molecular complexity index is 602. The van der Waals surface area contributed by atoms with Gasteiger partial charge in [-0.05, 0) is 30.3 Å². The largest absolute Gasteiger partial charge is 0.316 e. The maximum Gasteiger partial charge on any atom is 0.269 e. The monoisotopic (exact) mass is 288 g/mol. The maximum atomic E-state index is 10.7. The van der Waals surface area contributed by atoms with Crippen LogP contribution in [0.25, 0.3) is 0 Å². The van der Waals surface area contributed by atoms with Crippen molar-refractivity contribution < 1.29 is 4.92 Å². The topological polar surface area (TPSA) is 55.2 Å². The van der Waals surface area contributed by atoms with E-state index in [0.717, 1.165) is 17.9 Å². The molecule has 0 radical (unpaired) electrons. The molecule has 0 aliphatic carbocycles. The number of thioether (sulfide) groups is 1. The van der Waals surface area contributed by atoms with Crippen LogP contribution in [-0.2, 0) is 12.3 Å². The number of benzene rings is 2. The Morgan fingerprint density at radius 3 is 2.65 bits per heavy atom. The van der Waals surface area contributed by atoms with Gasteiger partial charge in [0.2, 0.25) is 0 Å². The molecule has 0 heterocycles. The lowest BCUT2D eigenvalue weighted by molar-refractivity contribution is -0.384. The van der Waals surface area contributed by atoms with Crippen molar-refractivity contribution in [3.63, 3.8) is 0 Å². The molecule has 0 atom stereocenters. The van der Waals surface area contributed by atoms with E-state index < -0.39 is 0 Å². The van der Waals surface area contributed by atoms with Crippen molar-refractivity contribution in [2.45, 2.75) is 17.2 Å². The normalized spacial score (nSPS) is 10.4. The first-order valence-corrected chi connectivity index (χ1v) is 7.27. The zero-order chi connectivity index (χ0) is 14.4. The molecule has 0 saturated carbocycles. The summed E-state index contributed by atoms with van der Waals surface area (Å²) in [5.41, 5.74) is 2.34. The number of rotatable bonds is 6. The molecule has 5 heteroatoms. The second kappa shape index (κ2) is 7.07. The van der Waals surface area contributed by atoms with Crippen molar-refractivity contribution in [1.82, 2.24) is 5.32 Å². The van der Waals surface area contributed by atoms with Gasteiger partial charge in [-0.3, -0.25) is 10.1 Å². The van der Waals surface area contributed by atoms with Gasteiger partial charge in [-0.2, -0.15) is 0 Å². The van der Waals surface area contributed by atoms with Gasteiger partial charge in [0.15, 0.2) is 0 Å². The molecule has 0 saturated heterocycles. The molecule has 1 N–H and O–H groups in total. The highest BCUT2D eigenvalue weighted by Gasteiger charge is 2.06. The van der Waals surface area contributed by atoms with Gasteiger partial charge in [0.25, 0.3) is 5.69 Å². The number of hydrogen-bond acceptors (Lipinski definition) is 4. The van der Waals surface area contributed by atoms with Gasteiger partial charge in [0.05, 0.1) is 4.92 Å². The molecule has 0 aliphatic rings. The van der Waals surface area contributed by atoms with Gasteiger partial charge in [-0.15, -0.1) is 11.8 Å². The molecule has 0 unspecified atom stereocenters. The van der Waals surface area contributed by atoms with Crippen LogP contribution in [-0.4, -0.2) is 12.0 Å². The molecule has 2 rings (SSSR count). The molecule has 0 bridgehead atoms. The lowest BCUT2D eigenvalue weighted by Crippen LogP contribution is -2.04. The van der Waals surface area contributed by atoms with Crippen molar-refractivity contribution in [1.29, 1.82) is 0 Å². The number of nitro benzene ring substituents is 1. The van der Waals surface area contributed by atoms with Gasteiger partial charge < -0.3 is 5.32 Å². The molecule has 0 aliphatic heterocycles. The van der Waals surface area contributed by atoms with E-state index in [2.05, 4.69) is 23.5 Å². The SMILES string of the molecule is CNCc1cccc(SCc2cccc([N+](=O)[O-])c2)c1. The fourth-order valence-corrected chi connectivity index (χ4v) is 2.80. The minimum Gasteiger partial charge on any atom is -0.316 e. The zero-order valence-corrected chi connectivity index (χ0v) is 12.0. The third-order valence-electron chi connectivity index (χ3n) is 2.81. The van der Waals surface area contributed by atoms with Crippen LogP contribution < -0.4 is 5.32 Å². The zero-order valence-electron chi connectivity index (χ0n) is 11.2. The van der Waals surface area contributed by atoms with Crippen molar-refractivity contribution in [2.75, 3.05) is 7.05 Å². The van der Waals surface area contributed by atoms with E-state index in [4.69, 9.17) is 0 Å². The molecular formula is C15H16N2O2S. The minimum absolute atomic E-state index is 0.145. The molecule has 104 valence electrons. The minimum atomic E-state index is -0.359. The predicted molar refractivity (Wildman–Crippen MR) is 81.9 cm³/mol. The first kappa shape index (κ1) is 14.6. The van der Waals surface area contributed by atoms with Crippen LogP contribution in [0.3, 0.4) is 0 Å². The Morgan fingerprint density at radius 2 is 1.90 bits per heavy atom. The van der Waals surface area contributed by atoms with Gasteiger partial charge >= 0.3 is 0 Å². The Morgan fingerprint density at radius 1 is 1.15 bits per heavy atom. The van der Waals surface area contributed by atoms with Crippen LogP contribution in [0, 0.1) is 10.1 Å². The van der Waals surface area contributed by atoms with E-state index in [1.807, 2.05) is 19.2 Å². The van der Waals surface area contributed by atoms with E-state index in [1.54, 1.807) is 23.9 Å². The summed E-state index contributed by atoms with van der Waals surface area (Å²) in [6.45, 7) is 0.839. The van der Waals surface area contributed by atoms with Crippen LogP contribution in [0.5, 0.6) is 0 Å². The van der Waals surface area contributed by atoms with Crippen LogP contribution in [0.2, 0.25) is 0 Å². The Kier molecular flexibility index (Phi) is 5.15. The van der Waals surface area contributed by atoms with Crippen LogP contribution >= 0.6 is 11.8 Å². The Balaban J connectivity index is 2.03. The standard InChI is InChI=1S/C15H16N2O2S/c1-16-10-12-4-3-7-15(9-12)20-11-13-5-2-6-14(8-13)17(18)19/h2-9,16H,10-11H2,1H3. The number of nitro groups is 1. The summed E-state index contributed by atoms with van der Waals surface area (Å²) in [6.07, 6.45) is 0. The third kappa shape index (κ3) is 4.08. The lowest BCUT2D eigenvalue weighted by Gasteiger charge is -2.05. The Labute approximate surface area is 122 Å². The average Bonchev–Trinajstić information content (AvgIpc) is 2.46. The fourth-order valence-electron chi connectivity index (χ4n) is 1.88. The summed E-state index contributed by atoms with van der Waals surface area (Å²) in [5.74, 6) is 0.727. The molecule has 20 heavy (non-hydrogen) atoms. The van der Waals surface area contributed by atoms with Crippen LogP contribution in [0.1, 0.15) is 11.1 Å². The quantitative estimate of drug-likeness (QED) is 0.501. The van der Waals surface area contributed by atoms with Gasteiger partial charge in [0, 0.05) is 29.3 Å². The first-order chi connectivity index (χ1) is 9.69.